The van der Waals surface area contributed by atoms with Gasteiger partial charge in [0.25, 0.3) is 0 Å². The summed E-state index contributed by atoms with van der Waals surface area (Å²) in [5.41, 5.74) is 4.16. The van der Waals surface area contributed by atoms with Gasteiger partial charge in [0.2, 0.25) is 0 Å². The van der Waals surface area contributed by atoms with E-state index in [0.29, 0.717) is 13.0 Å². The summed E-state index contributed by atoms with van der Waals surface area (Å²) in [6.45, 7) is 8.23. The van der Waals surface area contributed by atoms with Crippen LogP contribution in [-0.2, 0) is 18.2 Å². The molecule has 1 spiro atoms. The van der Waals surface area contributed by atoms with E-state index in [2.05, 4.69) is 32.2 Å². The van der Waals surface area contributed by atoms with E-state index >= 15 is 0 Å². The zero-order valence-electron chi connectivity index (χ0n) is 20.4. The van der Waals surface area contributed by atoms with Crippen molar-refractivity contribution in [2.45, 2.75) is 26.7 Å². The van der Waals surface area contributed by atoms with Crippen molar-refractivity contribution in [3.8, 4) is 17.1 Å². The molecule has 6 rings (SSSR count). The minimum Gasteiger partial charge on any atom is -0.494 e. The lowest BCUT2D eigenvalue weighted by atomic mass is 9.79. The summed E-state index contributed by atoms with van der Waals surface area (Å²) in [5, 5.41) is 9.23. The minimum absolute atomic E-state index is 0.282. The molecule has 4 aromatic rings. The molecule has 5 heterocycles. The van der Waals surface area contributed by atoms with Crippen LogP contribution in [0.2, 0.25) is 0 Å². The van der Waals surface area contributed by atoms with Gasteiger partial charge < -0.3 is 18.9 Å². The van der Waals surface area contributed by atoms with Gasteiger partial charge in [-0.2, -0.15) is 0 Å². The van der Waals surface area contributed by atoms with Crippen LogP contribution in [-0.4, -0.2) is 62.6 Å². The number of anilines is 1. The SMILES string of the molecule is CCOc1cc(-c2nncn2C)ccc1Cc1ncc2cc(C)nc(N3CC4(CCOC4)C3)c2n1. The number of rotatable bonds is 6. The summed E-state index contributed by atoms with van der Waals surface area (Å²) < 4.78 is 13.5. The number of nitrogens with zero attached hydrogens (tertiary/aromatic N) is 7. The molecule has 1 aromatic carbocycles. The molecule has 0 saturated carbocycles. The number of hydrogen-bond donors (Lipinski definition) is 0. The van der Waals surface area contributed by atoms with E-state index in [1.165, 1.54) is 0 Å². The predicted molar refractivity (Wildman–Crippen MR) is 133 cm³/mol. The third kappa shape index (κ3) is 3.99. The Morgan fingerprint density at radius 2 is 2.06 bits per heavy atom. The Bertz CT molecular complexity index is 1390. The van der Waals surface area contributed by atoms with Crippen molar-refractivity contribution < 1.29 is 9.47 Å². The standard InChI is InChI=1S/C26H29N7O2/c1-4-35-21-10-19(24-31-28-16-32(24)3)6-5-18(21)11-22-27-12-20-9-17(2)29-25(23(20)30-22)33-13-26(14-33)7-8-34-15-26/h5-6,9-10,12,16H,4,7-8,11,13-15H2,1-3H3. The lowest BCUT2D eigenvalue weighted by Crippen LogP contribution is -2.57. The van der Waals surface area contributed by atoms with Crippen LogP contribution in [0.4, 0.5) is 5.82 Å². The molecule has 2 fully saturated rings. The predicted octanol–water partition coefficient (Wildman–Crippen LogP) is 3.34. The van der Waals surface area contributed by atoms with Crippen LogP contribution in [0.3, 0.4) is 0 Å². The highest BCUT2D eigenvalue weighted by atomic mass is 16.5. The van der Waals surface area contributed by atoms with E-state index in [1.807, 2.05) is 43.8 Å². The van der Waals surface area contributed by atoms with E-state index in [4.69, 9.17) is 19.4 Å². The van der Waals surface area contributed by atoms with E-state index in [0.717, 1.165) is 83.7 Å². The Kier molecular flexibility index (Phi) is 5.36. The van der Waals surface area contributed by atoms with E-state index in [1.54, 1.807) is 6.33 Å². The number of ether oxygens (including phenoxy) is 2. The second-order valence-electron chi connectivity index (χ2n) is 9.67. The molecular weight excluding hydrogens is 442 g/mol. The highest BCUT2D eigenvalue weighted by Crippen LogP contribution is 2.41. The molecule has 0 unspecified atom stereocenters. The second kappa shape index (κ2) is 8.57. The van der Waals surface area contributed by atoms with Crippen LogP contribution in [0.5, 0.6) is 5.75 Å². The molecule has 35 heavy (non-hydrogen) atoms. The van der Waals surface area contributed by atoms with Gasteiger partial charge in [0.05, 0.1) is 13.2 Å². The molecule has 3 aromatic heterocycles. The maximum Gasteiger partial charge on any atom is 0.163 e. The van der Waals surface area contributed by atoms with E-state index in [-0.39, 0.29) is 5.41 Å². The largest absolute Gasteiger partial charge is 0.494 e. The third-order valence-electron chi connectivity index (χ3n) is 6.95. The molecular formula is C26H29N7O2. The van der Waals surface area contributed by atoms with Gasteiger partial charge in [0.1, 0.15) is 23.4 Å². The van der Waals surface area contributed by atoms with Crippen LogP contribution in [0.25, 0.3) is 22.3 Å². The van der Waals surface area contributed by atoms with Gasteiger partial charge in [-0.3, -0.25) is 0 Å². The lowest BCUT2D eigenvalue weighted by molar-refractivity contribution is 0.131. The maximum absolute atomic E-state index is 5.99. The van der Waals surface area contributed by atoms with Gasteiger partial charge in [-0.15, -0.1) is 10.2 Å². The zero-order chi connectivity index (χ0) is 24.0. The smallest absolute Gasteiger partial charge is 0.163 e. The van der Waals surface area contributed by atoms with Crippen molar-refractivity contribution >= 4 is 16.7 Å². The van der Waals surface area contributed by atoms with Crippen molar-refractivity contribution in [2.75, 3.05) is 37.8 Å². The molecule has 0 radical (unpaired) electrons. The lowest BCUT2D eigenvalue weighted by Gasteiger charge is -2.48. The summed E-state index contributed by atoms with van der Waals surface area (Å²) in [5.74, 6) is 3.30. The molecule has 2 saturated heterocycles. The zero-order valence-corrected chi connectivity index (χ0v) is 20.4. The average molecular weight is 472 g/mol. The fourth-order valence-electron chi connectivity index (χ4n) is 5.15. The van der Waals surface area contributed by atoms with Gasteiger partial charge in [-0.05, 0) is 32.4 Å². The number of hydrogen-bond acceptors (Lipinski definition) is 8. The fraction of sp³-hybridized carbons (Fsp3) is 0.423. The van der Waals surface area contributed by atoms with Crippen LogP contribution in [0.1, 0.15) is 30.4 Å². The molecule has 0 aliphatic carbocycles. The first kappa shape index (κ1) is 21.9. The topological polar surface area (TPSA) is 91.1 Å². The average Bonchev–Trinajstić information content (AvgIpc) is 3.49. The van der Waals surface area contributed by atoms with Crippen LogP contribution < -0.4 is 9.64 Å². The van der Waals surface area contributed by atoms with Gasteiger partial charge in [-0.25, -0.2) is 15.0 Å². The van der Waals surface area contributed by atoms with Gasteiger partial charge in [-0.1, -0.05) is 12.1 Å². The monoisotopic (exact) mass is 471 g/mol. The first-order valence-electron chi connectivity index (χ1n) is 12.1. The Balaban J connectivity index is 1.32. The molecule has 0 atom stereocenters. The second-order valence-corrected chi connectivity index (χ2v) is 9.67. The fourth-order valence-corrected chi connectivity index (χ4v) is 5.15. The van der Waals surface area contributed by atoms with Gasteiger partial charge >= 0.3 is 0 Å². The Morgan fingerprint density at radius 1 is 1.17 bits per heavy atom. The van der Waals surface area contributed by atoms with Crippen LogP contribution >= 0.6 is 0 Å². The van der Waals surface area contributed by atoms with Crippen LogP contribution in [0, 0.1) is 12.3 Å². The van der Waals surface area contributed by atoms with Crippen molar-refractivity contribution in [3.05, 3.63) is 53.9 Å². The number of aryl methyl sites for hydroxylation is 2. The van der Waals surface area contributed by atoms with Crippen molar-refractivity contribution in [3.63, 3.8) is 0 Å². The summed E-state index contributed by atoms with van der Waals surface area (Å²) in [6, 6.07) is 8.18. The van der Waals surface area contributed by atoms with Crippen LogP contribution in [0.15, 0.2) is 36.8 Å². The summed E-state index contributed by atoms with van der Waals surface area (Å²) >= 11 is 0. The normalized spacial score (nSPS) is 16.7. The molecule has 0 amide bonds. The van der Waals surface area contributed by atoms with E-state index in [9.17, 15) is 0 Å². The highest BCUT2D eigenvalue weighted by molar-refractivity contribution is 5.89. The molecule has 2 aliphatic heterocycles. The highest BCUT2D eigenvalue weighted by Gasteiger charge is 2.46. The molecule has 9 heteroatoms. The quantitative estimate of drug-likeness (QED) is 0.423. The van der Waals surface area contributed by atoms with Crippen molar-refractivity contribution in [1.29, 1.82) is 0 Å². The molecule has 180 valence electrons. The van der Waals surface area contributed by atoms with Crippen molar-refractivity contribution in [2.24, 2.45) is 12.5 Å². The first-order chi connectivity index (χ1) is 17.0. The van der Waals surface area contributed by atoms with Crippen molar-refractivity contribution in [1.82, 2.24) is 29.7 Å². The summed E-state index contributed by atoms with van der Waals surface area (Å²) in [7, 11) is 1.93. The minimum atomic E-state index is 0.282. The van der Waals surface area contributed by atoms with Gasteiger partial charge in [0.15, 0.2) is 11.6 Å². The Labute approximate surface area is 204 Å². The van der Waals surface area contributed by atoms with E-state index < -0.39 is 0 Å². The molecule has 9 nitrogen and oxygen atoms in total. The summed E-state index contributed by atoms with van der Waals surface area (Å²) in [6.07, 6.45) is 5.30. The number of pyridine rings is 1. The number of aromatic nitrogens is 6. The summed E-state index contributed by atoms with van der Waals surface area (Å²) in [4.78, 5) is 16.9. The first-order valence-corrected chi connectivity index (χ1v) is 12.1. The maximum atomic E-state index is 5.99. The Morgan fingerprint density at radius 3 is 2.80 bits per heavy atom. The van der Waals surface area contributed by atoms with Gasteiger partial charge in [0, 0.05) is 67.0 Å². The molecule has 2 aliphatic rings. The Hall–Kier alpha value is -3.59. The molecule has 0 bridgehead atoms. The number of fused-ring (bicyclic) bond motifs is 1. The third-order valence-corrected chi connectivity index (χ3v) is 6.95. The number of benzene rings is 1. The molecule has 0 N–H and O–H groups in total.